The lowest BCUT2D eigenvalue weighted by atomic mass is 9.97. The van der Waals surface area contributed by atoms with Gasteiger partial charge < -0.3 is 9.15 Å². The SMILES string of the molecule is CC[C@H](C)c1ccc(C(=O)COc2ccc3ccc(=O)oc3c2)cc1. The highest BCUT2D eigenvalue weighted by Crippen LogP contribution is 2.21. The van der Waals surface area contributed by atoms with E-state index < -0.39 is 5.63 Å². The van der Waals surface area contributed by atoms with Crippen LogP contribution in [-0.4, -0.2) is 12.4 Å². The molecule has 4 heteroatoms. The van der Waals surface area contributed by atoms with Crippen molar-refractivity contribution < 1.29 is 13.9 Å². The van der Waals surface area contributed by atoms with Crippen molar-refractivity contribution in [1.82, 2.24) is 0 Å². The molecule has 0 bridgehead atoms. The lowest BCUT2D eigenvalue weighted by Gasteiger charge is -2.10. The van der Waals surface area contributed by atoms with Gasteiger partial charge in [-0.1, -0.05) is 38.1 Å². The third-order valence-electron chi connectivity index (χ3n) is 4.38. The fraction of sp³-hybridized carbons (Fsp3) is 0.238. The predicted octanol–water partition coefficient (Wildman–Crippen LogP) is 4.57. The molecule has 1 heterocycles. The van der Waals surface area contributed by atoms with E-state index in [4.69, 9.17) is 9.15 Å². The van der Waals surface area contributed by atoms with E-state index >= 15 is 0 Å². The second kappa shape index (κ2) is 7.34. The molecule has 0 aliphatic rings. The minimum Gasteiger partial charge on any atom is -0.485 e. The van der Waals surface area contributed by atoms with Crippen LogP contribution < -0.4 is 10.4 Å². The zero-order valence-electron chi connectivity index (χ0n) is 14.3. The Kier molecular flexibility index (Phi) is 4.98. The van der Waals surface area contributed by atoms with Crippen molar-refractivity contribution in [3.05, 3.63) is 76.1 Å². The van der Waals surface area contributed by atoms with Gasteiger partial charge in [0.2, 0.25) is 0 Å². The summed E-state index contributed by atoms with van der Waals surface area (Å²) in [5.41, 5.74) is 1.88. The summed E-state index contributed by atoms with van der Waals surface area (Å²) in [6.45, 7) is 4.24. The normalized spacial score (nSPS) is 12.1. The average Bonchev–Trinajstić information content (AvgIpc) is 2.65. The Labute approximate surface area is 146 Å². The van der Waals surface area contributed by atoms with Gasteiger partial charge in [-0.2, -0.15) is 0 Å². The van der Waals surface area contributed by atoms with E-state index in [0.717, 1.165) is 11.8 Å². The van der Waals surface area contributed by atoms with E-state index in [9.17, 15) is 9.59 Å². The molecule has 0 unspecified atom stereocenters. The number of ether oxygens (including phenoxy) is 1. The van der Waals surface area contributed by atoms with Crippen molar-refractivity contribution in [2.24, 2.45) is 0 Å². The Morgan fingerprint density at radius 3 is 2.52 bits per heavy atom. The molecule has 4 nitrogen and oxygen atoms in total. The van der Waals surface area contributed by atoms with Gasteiger partial charge in [-0.05, 0) is 36.1 Å². The van der Waals surface area contributed by atoms with Gasteiger partial charge in [-0.25, -0.2) is 4.79 Å². The Morgan fingerprint density at radius 2 is 1.80 bits per heavy atom. The molecule has 0 aliphatic carbocycles. The smallest absolute Gasteiger partial charge is 0.336 e. The van der Waals surface area contributed by atoms with Crippen LogP contribution in [0.2, 0.25) is 0 Å². The summed E-state index contributed by atoms with van der Waals surface area (Å²) >= 11 is 0. The number of Topliss-reactive ketones (excluding diaryl/α,β-unsaturated/α-hetero) is 1. The molecule has 0 N–H and O–H groups in total. The van der Waals surface area contributed by atoms with E-state index in [-0.39, 0.29) is 12.4 Å². The molecule has 0 saturated heterocycles. The van der Waals surface area contributed by atoms with E-state index in [1.807, 2.05) is 24.3 Å². The molecule has 0 fully saturated rings. The Morgan fingerprint density at radius 1 is 1.08 bits per heavy atom. The first-order chi connectivity index (χ1) is 12.1. The predicted molar refractivity (Wildman–Crippen MR) is 97.5 cm³/mol. The Bertz CT molecular complexity index is 938. The van der Waals surface area contributed by atoms with Crippen molar-refractivity contribution >= 4 is 16.8 Å². The summed E-state index contributed by atoms with van der Waals surface area (Å²) < 4.78 is 10.7. The second-order valence-corrected chi connectivity index (χ2v) is 6.10. The Balaban J connectivity index is 1.68. The molecule has 0 saturated carbocycles. The fourth-order valence-corrected chi connectivity index (χ4v) is 2.60. The summed E-state index contributed by atoms with van der Waals surface area (Å²) in [5, 5.41) is 0.805. The first-order valence-electron chi connectivity index (χ1n) is 8.36. The molecule has 0 spiro atoms. The lowest BCUT2D eigenvalue weighted by molar-refractivity contribution is 0.0921. The summed E-state index contributed by atoms with van der Waals surface area (Å²) in [6.07, 6.45) is 1.06. The first-order valence-corrected chi connectivity index (χ1v) is 8.36. The minimum atomic E-state index is -0.415. The lowest BCUT2D eigenvalue weighted by Crippen LogP contribution is -2.11. The highest BCUT2D eigenvalue weighted by molar-refractivity contribution is 5.97. The molecule has 128 valence electrons. The average molecular weight is 336 g/mol. The van der Waals surface area contributed by atoms with Gasteiger partial charge in [0.25, 0.3) is 0 Å². The summed E-state index contributed by atoms with van der Waals surface area (Å²) in [6, 6.07) is 15.9. The summed E-state index contributed by atoms with van der Waals surface area (Å²) in [5.74, 6) is 0.879. The van der Waals surface area contributed by atoms with E-state index in [1.54, 1.807) is 24.3 Å². The van der Waals surface area contributed by atoms with E-state index in [2.05, 4.69) is 13.8 Å². The molecule has 0 amide bonds. The Hall–Kier alpha value is -2.88. The van der Waals surface area contributed by atoms with Crippen LogP contribution in [-0.2, 0) is 0 Å². The zero-order valence-corrected chi connectivity index (χ0v) is 14.3. The minimum absolute atomic E-state index is 0.0642. The van der Waals surface area contributed by atoms with Crippen LogP contribution in [0, 0.1) is 0 Å². The van der Waals surface area contributed by atoms with Crippen LogP contribution in [0.3, 0.4) is 0 Å². The monoisotopic (exact) mass is 336 g/mol. The molecular formula is C21H20O4. The number of rotatable bonds is 6. The number of fused-ring (bicyclic) bond motifs is 1. The number of benzene rings is 2. The van der Waals surface area contributed by atoms with E-state index in [0.29, 0.717) is 22.8 Å². The van der Waals surface area contributed by atoms with Gasteiger partial charge in [-0.3, -0.25) is 4.79 Å². The molecule has 0 radical (unpaired) electrons. The van der Waals surface area contributed by atoms with Gasteiger partial charge in [0.15, 0.2) is 12.4 Å². The van der Waals surface area contributed by atoms with Crippen molar-refractivity contribution in [3.8, 4) is 5.75 Å². The highest BCUT2D eigenvalue weighted by Gasteiger charge is 2.09. The second-order valence-electron chi connectivity index (χ2n) is 6.10. The van der Waals surface area contributed by atoms with Crippen LogP contribution in [0.25, 0.3) is 11.0 Å². The van der Waals surface area contributed by atoms with Crippen molar-refractivity contribution in [2.45, 2.75) is 26.2 Å². The standard InChI is InChI=1S/C21H20O4/c1-3-14(2)15-4-6-16(7-5-15)19(22)13-24-18-10-8-17-9-11-21(23)25-20(17)12-18/h4-12,14H,3,13H2,1-2H3/t14-/m0/s1. The number of hydrogen-bond donors (Lipinski definition) is 0. The van der Waals surface area contributed by atoms with Crippen LogP contribution in [0.1, 0.15) is 42.1 Å². The maximum Gasteiger partial charge on any atom is 0.336 e. The summed E-state index contributed by atoms with van der Waals surface area (Å²) in [4.78, 5) is 23.6. The third kappa shape index (κ3) is 3.97. The van der Waals surface area contributed by atoms with Crippen LogP contribution in [0.15, 0.2) is 63.8 Å². The molecule has 1 aromatic heterocycles. The summed E-state index contributed by atoms with van der Waals surface area (Å²) in [7, 11) is 0. The van der Waals surface area contributed by atoms with Crippen molar-refractivity contribution in [3.63, 3.8) is 0 Å². The largest absolute Gasteiger partial charge is 0.485 e. The van der Waals surface area contributed by atoms with Gasteiger partial charge in [0, 0.05) is 23.1 Å². The van der Waals surface area contributed by atoms with Gasteiger partial charge >= 0.3 is 5.63 Å². The van der Waals surface area contributed by atoms with E-state index in [1.165, 1.54) is 11.6 Å². The third-order valence-corrected chi connectivity index (χ3v) is 4.38. The topological polar surface area (TPSA) is 56.5 Å². The number of hydrogen-bond acceptors (Lipinski definition) is 4. The van der Waals surface area contributed by atoms with Gasteiger partial charge in [0.05, 0.1) is 0 Å². The number of carbonyl (C=O) groups is 1. The molecule has 25 heavy (non-hydrogen) atoms. The zero-order chi connectivity index (χ0) is 17.8. The van der Waals surface area contributed by atoms with Crippen molar-refractivity contribution in [2.75, 3.05) is 6.61 Å². The van der Waals surface area contributed by atoms with Crippen LogP contribution in [0.5, 0.6) is 5.75 Å². The van der Waals surface area contributed by atoms with Gasteiger partial charge in [-0.15, -0.1) is 0 Å². The molecule has 3 rings (SSSR count). The molecule has 1 atom stereocenters. The van der Waals surface area contributed by atoms with Crippen LogP contribution >= 0.6 is 0 Å². The number of ketones is 1. The number of carbonyl (C=O) groups excluding carboxylic acids is 1. The van der Waals surface area contributed by atoms with Gasteiger partial charge in [0.1, 0.15) is 11.3 Å². The maximum absolute atomic E-state index is 12.3. The maximum atomic E-state index is 12.3. The molecule has 0 aliphatic heterocycles. The fourth-order valence-electron chi connectivity index (χ4n) is 2.60. The molecular weight excluding hydrogens is 316 g/mol. The van der Waals surface area contributed by atoms with Crippen molar-refractivity contribution in [1.29, 1.82) is 0 Å². The van der Waals surface area contributed by atoms with Crippen LogP contribution in [0.4, 0.5) is 0 Å². The molecule has 2 aromatic carbocycles. The highest BCUT2D eigenvalue weighted by atomic mass is 16.5. The quantitative estimate of drug-likeness (QED) is 0.489. The first kappa shape index (κ1) is 17.0. The molecule has 3 aromatic rings.